The van der Waals surface area contributed by atoms with Crippen LogP contribution in [0, 0.1) is 0 Å². The van der Waals surface area contributed by atoms with Crippen molar-refractivity contribution < 1.29 is 4.79 Å². The van der Waals surface area contributed by atoms with Crippen molar-refractivity contribution >= 4 is 46.1 Å². The van der Waals surface area contributed by atoms with Crippen molar-refractivity contribution in [1.29, 1.82) is 0 Å². The first-order chi connectivity index (χ1) is 24.0. The second-order valence-electron chi connectivity index (χ2n) is 12.3. The highest BCUT2D eigenvalue weighted by Gasteiger charge is 2.26. The fourth-order valence-corrected chi connectivity index (χ4v) is 7.47. The first kappa shape index (κ1) is 32.7. The van der Waals surface area contributed by atoms with E-state index in [9.17, 15) is 9.59 Å². The summed E-state index contributed by atoms with van der Waals surface area (Å²) in [6.07, 6.45) is 2.35. The van der Waals surface area contributed by atoms with Crippen molar-refractivity contribution in [2.45, 2.75) is 42.8 Å². The van der Waals surface area contributed by atoms with Gasteiger partial charge in [0, 0.05) is 49.6 Å². The number of anilines is 1. The number of nitrogens with one attached hydrogen (secondary N) is 1. The molecule has 248 valence electrons. The molecule has 8 nitrogen and oxygen atoms in total. The summed E-state index contributed by atoms with van der Waals surface area (Å²) in [4.78, 5) is 42.6. The number of rotatable bonds is 11. The first-order valence-corrected chi connectivity index (χ1v) is 17.9. The standard InChI is InChI=1S/C39H37ClN6O2S/c40-35-25-36(45(26-29-11-5-2-6-12-29)22-19-28-9-3-1-4-10-28)43-38(42-35)49-27-30-15-17-31(18-16-30)37(47)44-23-20-32(21-24-44)46-34-14-8-7-13-33(34)41-39(46)48/h1-18,25,32H,19-24,26-27H2,(H,41,48). The van der Waals surface area contributed by atoms with Gasteiger partial charge in [-0.3, -0.25) is 9.36 Å². The molecule has 0 bridgehead atoms. The average molecular weight is 689 g/mol. The van der Waals surface area contributed by atoms with Crippen LogP contribution in [0.25, 0.3) is 11.0 Å². The summed E-state index contributed by atoms with van der Waals surface area (Å²) in [5.41, 5.74) is 5.86. The van der Waals surface area contributed by atoms with E-state index in [2.05, 4.69) is 63.4 Å². The van der Waals surface area contributed by atoms with E-state index in [1.54, 1.807) is 0 Å². The van der Waals surface area contributed by atoms with E-state index in [-0.39, 0.29) is 17.6 Å². The topological polar surface area (TPSA) is 87.1 Å². The van der Waals surface area contributed by atoms with Crippen LogP contribution in [0.3, 0.4) is 0 Å². The number of carbonyl (C=O) groups is 1. The molecule has 1 aliphatic rings. The highest BCUT2D eigenvalue weighted by Crippen LogP contribution is 2.28. The molecule has 0 atom stereocenters. The van der Waals surface area contributed by atoms with Gasteiger partial charge in [-0.15, -0.1) is 0 Å². The number of imidazole rings is 1. The number of aromatic amines is 1. The third-order valence-electron chi connectivity index (χ3n) is 9.02. The number of hydrogen-bond acceptors (Lipinski definition) is 6. The van der Waals surface area contributed by atoms with Gasteiger partial charge in [-0.05, 0) is 60.2 Å². The van der Waals surface area contributed by atoms with E-state index in [0.29, 0.717) is 41.3 Å². The lowest BCUT2D eigenvalue weighted by Crippen LogP contribution is -2.40. The van der Waals surface area contributed by atoms with E-state index >= 15 is 0 Å². The van der Waals surface area contributed by atoms with E-state index in [1.807, 2.05) is 76.2 Å². The van der Waals surface area contributed by atoms with Crippen LogP contribution in [0.2, 0.25) is 5.15 Å². The van der Waals surface area contributed by atoms with E-state index in [0.717, 1.165) is 48.2 Å². The van der Waals surface area contributed by atoms with Crippen LogP contribution in [-0.2, 0) is 18.7 Å². The van der Waals surface area contributed by atoms with Gasteiger partial charge in [0.2, 0.25) is 0 Å². The summed E-state index contributed by atoms with van der Waals surface area (Å²) in [6, 6.07) is 38.2. The summed E-state index contributed by atoms with van der Waals surface area (Å²) in [7, 11) is 0. The molecule has 0 aliphatic carbocycles. The molecule has 0 unspecified atom stereocenters. The Bertz CT molecular complexity index is 2080. The molecule has 2 aromatic heterocycles. The Labute approximate surface area is 294 Å². The Morgan fingerprint density at radius 3 is 2.24 bits per heavy atom. The van der Waals surface area contributed by atoms with E-state index < -0.39 is 0 Å². The third-order valence-corrected chi connectivity index (χ3v) is 10.1. The van der Waals surface area contributed by atoms with Crippen LogP contribution in [0.15, 0.2) is 125 Å². The molecular formula is C39H37ClN6O2S. The maximum absolute atomic E-state index is 13.4. The van der Waals surface area contributed by atoms with Gasteiger partial charge in [0.05, 0.1) is 11.0 Å². The van der Waals surface area contributed by atoms with Crippen molar-refractivity contribution in [2.24, 2.45) is 0 Å². The van der Waals surface area contributed by atoms with Crippen LogP contribution < -0.4 is 10.6 Å². The van der Waals surface area contributed by atoms with Crippen LogP contribution in [0.4, 0.5) is 5.82 Å². The fraction of sp³-hybridized carbons (Fsp3) is 0.231. The van der Waals surface area contributed by atoms with Gasteiger partial charge in [-0.2, -0.15) is 0 Å². The predicted octanol–water partition coefficient (Wildman–Crippen LogP) is 7.79. The number of H-pyrrole nitrogens is 1. The zero-order valence-electron chi connectivity index (χ0n) is 27.0. The minimum Gasteiger partial charge on any atom is -0.352 e. The zero-order chi connectivity index (χ0) is 33.6. The highest BCUT2D eigenvalue weighted by molar-refractivity contribution is 7.98. The molecule has 1 aliphatic heterocycles. The Kier molecular flexibility index (Phi) is 10.1. The number of hydrogen-bond donors (Lipinski definition) is 1. The van der Waals surface area contributed by atoms with Crippen molar-refractivity contribution in [3.63, 3.8) is 0 Å². The lowest BCUT2D eigenvalue weighted by Gasteiger charge is -2.32. The number of piperidine rings is 1. The zero-order valence-corrected chi connectivity index (χ0v) is 28.6. The smallest absolute Gasteiger partial charge is 0.326 e. The normalized spacial score (nSPS) is 13.5. The van der Waals surface area contributed by atoms with Crippen LogP contribution in [0.5, 0.6) is 0 Å². The summed E-state index contributed by atoms with van der Waals surface area (Å²) in [6.45, 7) is 2.70. The van der Waals surface area contributed by atoms with Gasteiger partial charge in [0.25, 0.3) is 5.91 Å². The number of fused-ring (bicyclic) bond motifs is 1. The van der Waals surface area contributed by atoms with Gasteiger partial charge in [-0.25, -0.2) is 14.8 Å². The van der Waals surface area contributed by atoms with Crippen molar-refractivity contribution in [2.75, 3.05) is 24.5 Å². The number of amides is 1. The second kappa shape index (κ2) is 15.1. The quantitative estimate of drug-likeness (QED) is 0.0850. The number of halogens is 1. The first-order valence-electron chi connectivity index (χ1n) is 16.6. The van der Waals surface area contributed by atoms with Gasteiger partial charge < -0.3 is 14.8 Å². The molecule has 7 rings (SSSR count). The molecule has 4 aromatic carbocycles. The van der Waals surface area contributed by atoms with Gasteiger partial charge >= 0.3 is 5.69 Å². The Hall–Kier alpha value is -4.86. The molecule has 1 saturated heterocycles. The maximum atomic E-state index is 13.4. The van der Waals surface area contributed by atoms with E-state index in [1.165, 1.54) is 22.9 Å². The number of para-hydroxylation sites is 2. The molecular weight excluding hydrogens is 652 g/mol. The largest absolute Gasteiger partial charge is 0.352 e. The van der Waals surface area contributed by atoms with Crippen molar-refractivity contribution in [1.82, 2.24) is 24.4 Å². The van der Waals surface area contributed by atoms with Gasteiger partial charge in [0.15, 0.2) is 5.16 Å². The van der Waals surface area contributed by atoms with E-state index in [4.69, 9.17) is 16.6 Å². The molecule has 3 heterocycles. The van der Waals surface area contributed by atoms with Crippen molar-refractivity contribution in [3.8, 4) is 0 Å². The Balaban J connectivity index is 0.977. The summed E-state index contributed by atoms with van der Waals surface area (Å²) in [5.74, 6) is 1.45. The molecule has 6 aromatic rings. The van der Waals surface area contributed by atoms with Crippen LogP contribution in [0.1, 0.15) is 45.9 Å². The minimum absolute atomic E-state index is 0.0146. The SMILES string of the molecule is O=C(c1ccc(CSc2nc(Cl)cc(N(CCc3ccccc3)Cc3ccccc3)n2)cc1)N1CCC(n2c(=O)[nH]c3ccccc32)CC1. The minimum atomic E-state index is -0.0913. The predicted molar refractivity (Wildman–Crippen MR) is 197 cm³/mol. The summed E-state index contributed by atoms with van der Waals surface area (Å²) in [5, 5.41) is 1.02. The lowest BCUT2D eigenvalue weighted by atomic mass is 10.0. The fourth-order valence-electron chi connectivity index (χ4n) is 6.44. The number of likely N-dealkylation sites (tertiary alicyclic amines) is 1. The molecule has 49 heavy (non-hydrogen) atoms. The van der Waals surface area contributed by atoms with Crippen molar-refractivity contribution in [3.05, 3.63) is 153 Å². The molecule has 1 N–H and O–H groups in total. The molecule has 10 heteroatoms. The average Bonchev–Trinajstić information content (AvgIpc) is 3.48. The van der Waals surface area contributed by atoms with Crippen LogP contribution >= 0.6 is 23.4 Å². The number of thioether (sulfide) groups is 1. The summed E-state index contributed by atoms with van der Waals surface area (Å²) < 4.78 is 1.85. The number of carbonyl (C=O) groups excluding carboxylic acids is 1. The molecule has 1 fully saturated rings. The van der Waals surface area contributed by atoms with Gasteiger partial charge in [-0.1, -0.05) is 108 Å². The molecule has 0 spiro atoms. The van der Waals surface area contributed by atoms with Crippen LogP contribution in [-0.4, -0.2) is 50.0 Å². The molecule has 0 radical (unpaired) electrons. The monoisotopic (exact) mass is 688 g/mol. The maximum Gasteiger partial charge on any atom is 0.326 e. The second-order valence-corrected chi connectivity index (χ2v) is 13.6. The summed E-state index contributed by atoms with van der Waals surface area (Å²) >= 11 is 8.07. The third kappa shape index (κ3) is 7.90. The van der Waals surface area contributed by atoms with Gasteiger partial charge in [0.1, 0.15) is 11.0 Å². The number of aromatic nitrogens is 4. The molecule has 1 amide bonds. The number of nitrogens with zero attached hydrogens (tertiary/aromatic N) is 5. The number of benzene rings is 4. The highest BCUT2D eigenvalue weighted by atomic mass is 35.5. The Morgan fingerprint density at radius 1 is 0.837 bits per heavy atom. The Morgan fingerprint density at radius 2 is 1.51 bits per heavy atom. The molecule has 0 saturated carbocycles. The lowest BCUT2D eigenvalue weighted by molar-refractivity contribution is 0.0695.